The molecular weight excluding hydrogens is 304 g/mol. The normalized spacial score (nSPS) is 10.2. The van der Waals surface area contributed by atoms with Gasteiger partial charge < -0.3 is 15.8 Å². The average Bonchev–Trinajstić information content (AvgIpc) is 2.62. The molecule has 0 radical (unpaired) electrons. The topological polar surface area (TPSA) is 90.1 Å². The van der Waals surface area contributed by atoms with Crippen molar-refractivity contribution in [3.63, 3.8) is 0 Å². The smallest absolute Gasteiger partial charge is 0.267 e. The van der Waals surface area contributed by atoms with Gasteiger partial charge in [0.1, 0.15) is 29.3 Å². The standard InChI is InChI=1S/C18H16N4O2/c19-18(23)15-10-17(22-12-21-15)20-11-13-6-4-5-9-16(13)24-14-7-2-1-3-8-14/h1-10,12H,11H2,(H2,19,23)(H,20,21,22). The van der Waals surface area contributed by atoms with Gasteiger partial charge in [-0.15, -0.1) is 0 Å². The zero-order valence-electron chi connectivity index (χ0n) is 12.8. The van der Waals surface area contributed by atoms with Crippen LogP contribution in [0.15, 0.2) is 67.0 Å². The van der Waals surface area contributed by atoms with Gasteiger partial charge in [-0.3, -0.25) is 4.79 Å². The number of ether oxygens (including phenoxy) is 1. The summed E-state index contributed by atoms with van der Waals surface area (Å²) in [5.41, 5.74) is 6.35. The summed E-state index contributed by atoms with van der Waals surface area (Å²) in [6, 6.07) is 18.8. The summed E-state index contributed by atoms with van der Waals surface area (Å²) >= 11 is 0. The van der Waals surface area contributed by atoms with Crippen molar-refractivity contribution in [1.82, 2.24) is 9.97 Å². The quantitative estimate of drug-likeness (QED) is 0.728. The maximum atomic E-state index is 11.2. The van der Waals surface area contributed by atoms with E-state index in [0.717, 1.165) is 17.1 Å². The highest BCUT2D eigenvalue weighted by atomic mass is 16.5. The van der Waals surface area contributed by atoms with E-state index < -0.39 is 5.91 Å². The maximum Gasteiger partial charge on any atom is 0.267 e. The monoisotopic (exact) mass is 320 g/mol. The Kier molecular flexibility index (Phi) is 4.67. The summed E-state index contributed by atoms with van der Waals surface area (Å²) in [5, 5.41) is 3.14. The van der Waals surface area contributed by atoms with Crippen molar-refractivity contribution in [2.24, 2.45) is 5.73 Å². The minimum atomic E-state index is -0.590. The van der Waals surface area contributed by atoms with Crippen LogP contribution in [0.3, 0.4) is 0 Å². The minimum Gasteiger partial charge on any atom is -0.457 e. The van der Waals surface area contributed by atoms with Gasteiger partial charge in [0.25, 0.3) is 5.91 Å². The molecule has 3 aromatic rings. The molecule has 6 heteroatoms. The lowest BCUT2D eigenvalue weighted by molar-refractivity contribution is 0.0995. The molecule has 2 aromatic carbocycles. The number of carbonyl (C=O) groups is 1. The number of nitrogens with two attached hydrogens (primary N) is 1. The number of nitrogens with zero attached hydrogens (tertiary/aromatic N) is 2. The molecule has 0 unspecified atom stereocenters. The molecule has 3 N–H and O–H groups in total. The Morgan fingerprint density at radius 2 is 1.79 bits per heavy atom. The molecule has 0 atom stereocenters. The summed E-state index contributed by atoms with van der Waals surface area (Å²) in [6.45, 7) is 0.484. The Labute approximate surface area is 139 Å². The molecule has 0 aliphatic rings. The van der Waals surface area contributed by atoms with E-state index in [2.05, 4.69) is 15.3 Å². The van der Waals surface area contributed by atoms with Gasteiger partial charge in [-0.1, -0.05) is 36.4 Å². The maximum absolute atomic E-state index is 11.2. The Morgan fingerprint density at radius 1 is 1.04 bits per heavy atom. The number of rotatable bonds is 6. The van der Waals surface area contributed by atoms with Crippen molar-refractivity contribution >= 4 is 11.7 Å². The van der Waals surface area contributed by atoms with Crippen molar-refractivity contribution in [2.75, 3.05) is 5.32 Å². The number of primary amides is 1. The highest BCUT2D eigenvalue weighted by molar-refractivity contribution is 5.91. The van der Waals surface area contributed by atoms with Crippen molar-refractivity contribution < 1.29 is 9.53 Å². The molecule has 0 bridgehead atoms. The van der Waals surface area contributed by atoms with Crippen LogP contribution < -0.4 is 15.8 Å². The third-order valence-electron chi connectivity index (χ3n) is 3.32. The van der Waals surface area contributed by atoms with Crippen LogP contribution in [0.25, 0.3) is 0 Å². The molecule has 0 saturated carbocycles. The number of amides is 1. The lowest BCUT2D eigenvalue weighted by atomic mass is 10.2. The van der Waals surface area contributed by atoms with Crippen molar-refractivity contribution in [1.29, 1.82) is 0 Å². The minimum absolute atomic E-state index is 0.168. The van der Waals surface area contributed by atoms with Crippen LogP contribution in [-0.2, 0) is 6.54 Å². The molecule has 0 aliphatic heterocycles. The average molecular weight is 320 g/mol. The van der Waals surface area contributed by atoms with E-state index in [0.29, 0.717) is 12.4 Å². The summed E-state index contributed by atoms with van der Waals surface area (Å²) in [5.74, 6) is 1.45. The second kappa shape index (κ2) is 7.23. The van der Waals surface area contributed by atoms with Crippen LogP contribution in [0.2, 0.25) is 0 Å². The zero-order valence-corrected chi connectivity index (χ0v) is 12.8. The second-order valence-corrected chi connectivity index (χ2v) is 5.03. The Balaban J connectivity index is 1.74. The van der Waals surface area contributed by atoms with E-state index in [9.17, 15) is 4.79 Å². The van der Waals surface area contributed by atoms with Gasteiger partial charge in [-0.2, -0.15) is 0 Å². The molecule has 24 heavy (non-hydrogen) atoms. The van der Waals surface area contributed by atoms with Gasteiger partial charge in [-0.25, -0.2) is 9.97 Å². The largest absolute Gasteiger partial charge is 0.457 e. The zero-order chi connectivity index (χ0) is 16.8. The van der Waals surface area contributed by atoms with Gasteiger partial charge in [0.15, 0.2) is 0 Å². The molecule has 0 spiro atoms. The molecule has 0 saturated heterocycles. The molecule has 0 aliphatic carbocycles. The first-order valence-corrected chi connectivity index (χ1v) is 7.39. The fraction of sp³-hybridized carbons (Fsp3) is 0.0556. The van der Waals surface area contributed by atoms with E-state index in [-0.39, 0.29) is 5.69 Å². The predicted octanol–water partition coefficient (Wildman–Crippen LogP) is 2.98. The summed E-state index contributed by atoms with van der Waals surface area (Å²) in [4.78, 5) is 19.1. The Bertz CT molecular complexity index is 837. The first kappa shape index (κ1) is 15.5. The van der Waals surface area contributed by atoms with E-state index >= 15 is 0 Å². The fourth-order valence-electron chi connectivity index (χ4n) is 2.14. The predicted molar refractivity (Wildman–Crippen MR) is 90.8 cm³/mol. The van der Waals surface area contributed by atoms with Crippen LogP contribution in [0.5, 0.6) is 11.5 Å². The summed E-state index contributed by atoms with van der Waals surface area (Å²) in [7, 11) is 0. The number of hydrogen-bond acceptors (Lipinski definition) is 5. The lowest BCUT2D eigenvalue weighted by Gasteiger charge is -2.12. The first-order chi connectivity index (χ1) is 11.7. The number of hydrogen-bond donors (Lipinski definition) is 2. The van der Waals surface area contributed by atoms with Gasteiger partial charge in [0.2, 0.25) is 0 Å². The molecule has 0 fully saturated rings. The summed E-state index contributed by atoms with van der Waals surface area (Å²) < 4.78 is 5.91. The Hall–Kier alpha value is -3.41. The summed E-state index contributed by atoms with van der Waals surface area (Å²) in [6.07, 6.45) is 1.30. The SMILES string of the molecule is NC(=O)c1cc(NCc2ccccc2Oc2ccccc2)ncn1. The van der Waals surface area contributed by atoms with Gasteiger partial charge in [0.05, 0.1) is 0 Å². The number of carbonyl (C=O) groups excluding carboxylic acids is 1. The molecular formula is C18H16N4O2. The van der Waals surface area contributed by atoms with E-state index in [1.54, 1.807) is 0 Å². The number of nitrogens with one attached hydrogen (secondary N) is 1. The van der Waals surface area contributed by atoms with Gasteiger partial charge in [0, 0.05) is 18.2 Å². The van der Waals surface area contributed by atoms with E-state index in [1.807, 2.05) is 54.6 Å². The van der Waals surface area contributed by atoms with Crippen LogP contribution in [0, 0.1) is 0 Å². The first-order valence-electron chi connectivity index (χ1n) is 7.39. The van der Waals surface area contributed by atoms with E-state index in [4.69, 9.17) is 10.5 Å². The van der Waals surface area contributed by atoms with Crippen LogP contribution in [0.4, 0.5) is 5.82 Å². The fourth-order valence-corrected chi connectivity index (χ4v) is 2.14. The molecule has 120 valence electrons. The van der Waals surface area contributed by atoms with Crippen molar-refractivity contribution in [3.05, 3.63) is 78.2 Å². The molecule has 1 aromatic heterocycles. The number of aromatic nitrogens is 2. The Morgan fingerprint density at radius 3 is 2.58 bits per heavy atom. The van der Waals surface area contributed by atoms with Crippen LogP contribution >= 0.6 is 0 Å². The van der Waals surface area contributed by atoms with Gasteiger partial charge in [-0.05, 0) is 18.2 Å². The highest BCUT2D eigenvalue weighted by Crippen LogP contribution is 2.25. The molecule has 3 rings (SSSR count). The van der Waals surface area contributed by atoms with Crippen molar-refractivity contribution in [3.8, 4) is 11.5 Å². The second-order valence-electron chi connectivity index (χ2n) is 5.03. The number of benzene rings is 2. The van der Waals surface area contributed by atoms with Crippen LogP contribution in [0.1, 0.15) is 16.1 Å². The van der Waals surface area contributed by atoms with Crippen molar-refractivity contribution in [2.45, 2.75) is 6.54 Å². The van der Waals surface area contributed by atoms with E-state index in [1.165, 1.54) is 12.4 Å². The molecule has 6 nitrogen and oxygen atoms in total. The molecule has 1 heterocycles. The highest BCUT2D eigenvalue weighted by Gasteiger charge is 2.07. The van der Waals surface area contributed by atoms with Gasteiger partial charge >= 0.3 is 0 Å². The molecule has 1 amide bonds. The number of para-hydroxylation sites is 2. The lowest BCUT2D eigenvalue weighted by Crippen LogP contribution is -2.14. The third-order valence-corrected chi connectivity index (χ3v) is 3.32. The third kappa shape index (κ3) is 3.86. The van der Waals surface area contributed by atoms with Crippen LogP contribution in [-0.4, -0.2) is 15.9 Å². The number of anilines is 1.